The van der Waals surface area contributed by atoms with Crippen molar-refractivity contribution < 1.29 is 4.42 Å². The van der Waals surface area contributed by atoms with Crippen molar-refractivity contribution in [2.24, 2.45) is 10.9 Å². The van der Waals surface area contributed by atoms with Crippen molar-refractivity contribution >= 4 is 38.5 Å². The van der Waals surface area contributed by atoms with Crippen LogP contribution in [0.4, 0.5) is 0 Å². The SMILES string of the molecule is CC1C(c2ccccc2)N=C(c2ccccc2)NC1c1cccc(-c2cc3c(c4ccccc24)Cc2cccc(-c4cccc5c4oc4ccccc45)c2-3)c1. The highest BCUT2D eigenvalue weighted by Gasteiger charge is 2.34. The Kier molecular flexibility index (Phi) is 7.34. The van der Waals surface area contributed by atoms with Gasteiger partial charge in [-0.2, -0.15) is 0 Å². The quantitative estimate of drug-likeness (QED) is 0.193. The Bertz CT molecular complexity index is 2960. The van der Waals surface area contributed by atoms with Crippen molar-refractivity contribution in [1.29, 1.82) is 0 Å². The minimum absolute atomic E-state index is 0.0262. The molecule has 3 nitrogen and oxygen atoms in total. The molecule has 55 heavy (non-hydrogen) atoms. The van der Waals surface area contributed by atoms with Crippen LogP contribution in [-0.2, 0) is 6.42 Å². The molecule has 2 heterocycles. The van der Waals surface area contributed by atoms with E-state index in [-0.39, 0.29) is 18.0 Å². The lowest BCUT2D eigenvalue weighted by atomic mass is 9.82. The van der Waals surface area contributed by atoms with Crippen LogP contribution in [0.15, 0.2) is 185 Å². The van der Waals surface area contributed by atoms with Gasteiger partial charge in [-0.15, -0.1) is 0 Å². The number of furan rings is 1. The average molecular weight is 707 g/mol. The van der Waals surface area contributed by atoms with E-state index in [0.29, 0.717) is 0 Å². The number of aliphatic imine (C=N–C) groups is 1. The zero-order valence-electron chi connectivity index (χ0n) is 30.5. The lowest BCUT2D eigenvalue weighted by molar-refractivity contribution is 0.348. The van der Waals surface area contributed by atoms with Gasteiger partial charge in [-0.3, -0.25) is 4.99 Å². The van der Waals surface area contributed by atoms with E-state index < -0.39 is 0 Å². The summed E-state index contributed by atoms with van der Waals surface area (Å²) >= 11 is 0. The molecule has 0 bridgehead atoms. The average Bonchev–Trinajstić information content (AvgIpc) is 3.83. The molecule has 11 rings (SSSR count). The highest BCUT2D eigenvalue weighted by molar-refractivity contribution is 6.12. The van der Waals surface area contributed by atoms with Crippen molar-refractivity contribution in [3.63, 3.8) is 0 Å². The first-order valence-electron chi connectivity index (χ1n) is 19.3. The van der Waals surface area contributed by atoms with E-state index in [1.54, 1.807) is 0 Å². The lowest BCUT2D eigenvalue weighted by Gasteiger charge is -2.36. The number of para-hydroxylation sites is 2. The van der Waals surface area contributed by atoms with Gasteiger partial charge in [-0.1, -0.05) is 165 Å². The number of amidine groups is 1. The molecule has 3 unspecified atom stereocenters. The lowest BCUT2D eigenvalue weighted by Crippen LogP contribution is -2.40. The molecule has 3 atom stereocenters. The fourth-order valence-corrected chi connectivity index (χ4v) is 9.35. The van der Waals surface area contributed by atoms with Gasteiger partial charge in [-0.25, -0.2) is 0 Å². The summed E-state index contributed by atoms with van der Waals surface area (Å²) in [6.07, 6.45) is 0.904. The van der Waals surface area contributed by atoms with E-state index in [1.165, 1.54) is 60.8 Å². The first kappa shape index (κ1) is 31.8. The van der Waals surface area contributed by atoms with E-state index in [0.717, 1.165) is 45.3 Å². The van der Waals surface area contributed by atoms with E-state index in [1.807, 2.05) is 6.07 Å². The predicted molar refractivity (Wildman–Crippen MR) is 228 cm³/mol. The summed E-state index contributed by atoms with van der Waals surface area (Å²) in [5, 5.41) is 8.80. The third kappa shape index (κ3) is 5.15. The van der Waals surface area contributed by atoms with Gasteiger partial charge in [0.2, 0.25) is 0 Å². The van der Waals surface area contributed by atoms with Gasteiger partial charge in [0.1, 0.15) is 17.0 Å². The highest BCUT2D eigenvalue weighted by Crippen LogP contribution is 2.50. The number of nitrogens with one attached hydrogen (secondary N) is 1. The van der Waals surface area contributed by atoms with Gasteiger partial charge in [0.05, 0.1) is 12.1 Å². The maximum Gasteiger partial charge on any atom is 0.143 e. The number of fused-ring (bicyclic) bond motifs is 8. The largest absolute Gasteiger partial charge is 0.455 e. The highest BCUT2D eigenvalue weighted by atomic mass is 16.3. The summed E-state index contributed by atoms with van der Waals surface area (Å²) in [5.74, 6) is 1.16. The van der Waals surface area contributed by atoms with Crippen molar-refractivity contribution in [2.45, 2.75) is 25.4 Å². The molecule has 1 N–H and O–H groups in total. The van der Waals surface area contributed by atoms with Gasteiger partial charge in [-0.05, 0) is 85.5 Å². The van der Waals surface area contributed by atoms with Gasteiger partial charge < -0.3 is 9.73 Å². The Hall–Kier alpha value is -6.71. The molecular weight excluding hydrogens is 669 g/mol. The van der Waals surface area contributed by atoms with Crippen LogP contribution in [0.3, 0.4) is 0 Å². The first-order valence-corrected chi connectivity index (χ1v) is 19.3. The van der Waals surface area contributed by atoms with Gasteiger partial charge >= 0.3 is 0 Å². The van der Waals surface area contributed by atoms with E-state index in [4.69, 9.17) is 9.41 Å². The van der Waals surface area contributed by atoms with E-state index >= 15 is 0 Å². The zero-order chi connectivity index (χ0) is 36.5. The standard InChI is InChI=1S/C52H38N2O/c1-32-49(33-15-4-2-5-16-33)53-52(34-17-6-3-7-18-34)54-50(32)37-21-12-19-35(29-37)44-31-46-45(39-23-9-8-22-38(39)44)30-36-20-13-25-41(48(36)46)43-27-14-26-42-40-24-10-11-28-47(40)55-51(42)43/h2-29,31-32,49-50H,30H2,1H3,(H,53,54). The summed E-state index contributed by atoms with van der Waals surface area (Å²) < 4.78 is 6.59. The topological polar surface area (TPSA) is 37.5 Å². The Labute approximate surface area is 320 Å². The minimum Gasteiger partial charge on any atom is -0.455 e. The third-order valence-electron chi connectivity index (χ3n) is 12.0. The molecule has 3 heteroatoms. The van der Waals surface area contributed by atoms with Crippen molar-refractivity contribution in [3.8, 4) is 33.4 Å². The normalized spacial score (nSPS) is 17.5. The van der Waals surface area contributed by atoms with Gasteiger partial charge in [0.25, 0.3) is 0 Å². The van der Waals surface area contributed by atoms with E-state index in [9.17, 15) is 0 Å². The van der Waals surface area contributed by atoms with Crippen LogP contribution in [0, 0.1) is 5.92 Å². The number of hydrogen-bond donors (Lipinski definition) is 1. The van der Waals surface area contributed by atoms with Crippen LogP contribution in [0.25, 0.3) is 66.1 Å². The Morgan fingerprint density at radius 2 is 1.18 bits per heavy atom. The van der Waals surface area contributed by atoms with Crippen LogP contribution in [0.1, 0.15) is 46.8 Å². The van der Waals surface area contributed by atoms with Crippen molar-refractivity contribution in [2.75, 3.05) is 0 Å². The molecule has 8 aromatic carbocycles. The van der Waals surface area contributed by atoms with Crippen LogP contribution in [0.5, 0.6) is 0 Å². The molecule has 2 aliphatic rings. The second-order valence-corrected chi connectivity index (χ2v) is 15.1. The maximum absolute atomic E-state index is 6.59. The zero-order valence-corrected chi connectivity index (χ0v) is 30.5. The van der Waals surface area contributed by atoms with Crippen molar-refractivity contribution in [1.82, 2.24) is 5.32 Å². The fraction of sp³-hybridized carbons (Fsp3) is 0.0962. The van der Waals surface area contributed by atoms with Crippen LogP contribution >= 0.6 is 0 Å². The second-order valence-electron chi connectivity index (χ2n) is 15.1. The predicted octanol–water partition coefficient (Wildman–Crippen LogP) is 13.1. The molecule has 0 fully saturated rings. The number of benzene rings is 8. The molecule has 9 aromatic rings. The summed E-state index contributed by atoms with van der Waals surface area (Å²) in [7, 11) is 0. The fourth-order valence-electron chi connectivity index (χ4n) is 9.35. The maximum atomic E-state index is 6.59. The monoisotopic (exact) mass is 706 g/mol. The van der Waals surface area contributed by atoms with Crippen molar-refractivity contribution in [3.05, 3.63) is 204 Å². The second kappa shape index (κ2) is 12.7. The van der Waals surface area contributed by atoms with Gasteiger partial charge in [0, 0.05) is 27.8 Å². The molecule has 1 aromatic heterocycles. The summed E-state index contributed by atoms with van der Waals surface area (Å²) in [4.78, 5) is 5.32. The molecule has 0 spiro atoms. The molecule has 1 aliphatic heterocycles. The molecule has 0 saturated heterocycles. The summed E-state index contributed by atoms with van der Waals surface area (Å²) in [5.41, 5.74) is 15.7. The molecule has 262 valence electrons. The number of rotatable bonds is 5. The molecule has 0 amide bonds. The van der Waals surface area contributed by atoms with Gasteiger partial charge in [0.15, 0.2) is 0 Å². The molecule has 0 saturated carbocycles. The molecule has 1 aliphatic carbocycles. The molecular formula is C52H38N2O. The number of hydrogen-bond acceptors (Lipinski definition) is 3. The van der Waals surface area contributed by atoms with Crippen LogP contribution in [-0.4, -0.2) is 5.84 Å². The van der Waals surface area contributed by atoms with E-state index in [2.05, 4.69) is 182 Å². The van der Waals surface area contributed by atoms with Crippen LogP contribution < -0.4 is 5.32 Å². The Morgan fingerprint density at radius 3 is 2.04 bits per heavy atom. The Balaban J connectivity index is 1.06. The Morgan fingerprint density at radius 1 is 0.527 bits per heavy atom. The smallest absolute Gasteiger partial charge is 0.143 e. The summed E-state index contributed by atoms with van der Waals surface area (Å²) in [6.45, 7) is 2.33. The number of nitrogens with zero attached hydrogens (tertiary/aromatic N) is 1. The third-order valence-corrected chi connectivity index (χ3v) is 12.0. The summed E-state index contributed by atoms with van der Waals surface area (Å²) in [6, 6.07) is 63.7. The first-order chi connectivity index (χ1) is 27.2. The minimum atomic E-state index is 0.0262. The van der Waals surface area contributed by atoms with Crippen LogP contribution in [0.2, 0.25) is 0 Å². The molecule has 0 radical (unpaired) electrons.